The lowest BCUT2D eigenvalue weighted by molar-refractivity contribution is 0.263. The minimum absolute atomic E-state index is 0. The zero-order valence-corrected chi connectivity index (χ0v) is 23.6. The van der Waals surface area contributed by atoms with Crippen LogP contribution in [-0.4, -0.2) is 50.6 Å². The second-order valence-electron chi connectivity index (χ2n) is 11.0. The van der Waals surface area contributed by atoms with E-state index in [4.69, 9.17) is 4.98 Å². The Balaban J connectivity index is 0.00000115. The maximum absolute atomic E-state index is 15.4. The molecule has 1 aliphatic heterocycles. The van der Waals surface area contributed by atoms with Crippen molar-refractivity contribution >= 4 is 22.6 Å². The van der Waals surface area contributed by atoms with Gasteiger partial charge in [0.15, 0.2) is 5.82 Å². The van der Waals surface area contributed by atoms with E-state index in [2.05, 4.69) is 43.9 Å². The van der Waals surface area contributed by atoms with Crippen molar-refractivity contribution in [2.24, 2.45) is 0 Å². The lowest BCUT2D eigenvalue weighted by Crippen LogP contribution is -2.37. The van der Waals surface area contributed by atoms with Gasteiger partial charge in [-0.1, -0.05) is 52.0 Å². The molecule has 0 bridgehead atoms. The molecule has 0 spiro atoms. The van der Waals surface area contributed by atoms with Crippen molar-refractivity contribution in [3.8, 4) is 0 Å². The number of hydrogen-bond donors (Lipinski definition) is 1. The van der Waals surface area contributed by atoms with Crippen molar-refractivity contribution in [2.45, 2.75) is 97.1 Å². The first-order valence-corrected chi connectivity index (χ1v) is 14.8. The number of imidazole rings is 1. The fourth-order valence-corrected chi connectivity index (χ4v) is 6.36. The second-order valence-corrected chi connectivity index (χ2v) is 11.0. The topological polar surface area (TPSA) is 58.9 Å². The van der Waals surface area contributed by atoms with E-state index in [1.807, 2.05) is 27.0 Å². The maximum atomic E-state index is 15.4. The molecule has 1 aromatic carbocycles. The van der Waals surface area contributed by atoms with E-state index in [9.17, 15) is 0 Å². The number of allylic oxidation sites excluding steroid dienone is 1. The Morgan fingerprint density at radius 2 is 1.68 bits per heavy atom. The van der Waals surface area contributed by atoms with Crippen LogP contribution < -0.4 is 5.32 Å². The van der Waals surface area contributed by atoms with Crippen LogP contribution in [0.25, 0.3) is 16.6 Å². The Bertz CT molecular complexity index is 1290. The van der Waals surface area contributed by atoms with Gasteiger partial charge in [-0.15, -0.1) is 0 Å². The van der Waals surface area contributed by atoms with Gasteiger partial charge in [0.1, 0.15) is 11.3 Å². The highest BCUT2D eigenvalue weighted by Gasteiger charge is 2.25. The number of benzene rings is 1. The van der Waals surface area contributed by atoms with Gasteiger partial charge in [-0.25, -0.2) is 19.3 Å². The Morgan fingerprint density at radius 3 is 2.42 bits per heavy atom. The Labute approximate surface area is 228 Å². The van der Waals surface area contributed by atoms with Crippen molar-refractivity contribution < 1.29 is 5.82 Å². The summed E-state index contributed by atoms with van der Waals surface area (Å²) in [5, 5.41) is 3.53. The highest BCUT2D eigenvalue weighted by molar-refractivity contribution is 5.89. The van der Waals surface area contributed by atoms with E-state index in [1.54, 1.807) is 6.07 Å². The predicted octanol–water partition coefficient (Wildman–Crippen LogP) is 7.33. The third-order valence-electron chi connectivity index (χ3n) is 8.39. The van der Waals surface area contributed by atoms with E-state index in [-0.39, 0.29) is 7.24 Å². The molecule has 2 fully saturated rings. The van der Waals surface area contributed by atoms with Crippen molar-refractivity contribution in [2.75, 3.05) is 25.5 Å². The number of piperidine rings is 1. The lowest BCUT2D eigenvalue weighted by atomic mass is 9.96. The number of nitrogens with one attached hydrogen (secondary N) is 1. The van der Waals surface area contributed by atoms with Gasteiger partial charge in [0, 0.05) is 31.7 Å². The molecule has 206 valence electrons. The number of likely N-dealkylation sites (tertiary alicyclic amines) is 1. The largest absolute Gasteiger partial charge is 0.351 e. The molecule has 1 saturated carbocycles. The van der Waals surface area contributed by atoms with E-state index >= 15 is 4.39 Å². The first kappa shape index (κ1) is 26.8. The average Bonchev–Trinajstić information content (AvgIpc) is 3.47. The predicted molar refractivity (Wildman–Crippen MR) is 156 cm³/mol. The minimum Gasteiger partial charge on any atom is -0.351 e. The summed E-state index contributed by atoms with van der Waals surface area (Å²) in [6.07, 6.45) is 15.7. The Kier molecular flexibility index (Phi) is 8.42. The van der Waals surface area contributed by atoms with Crippen LogP contribution in [0, 0.1) is 12.7 Å². The molecule has 0 amide bonds. The van der Waals surface area contributed by atoms with Crippen molar-refractivity contribution in [3.63, 3.8) is 0 Å². The summed E-state index contributed by atoms with van der Waals surface area (Å²) in [6, 6.07) is 4.60. The van der Waals surface area contributed by atoms with Gasteiger partial charge >= 0.3 is 0 Å². The maximum Gasteiger partial charge on any atom is 0.223 e. The van der Waals surface area contributed by atoms with Crippen LogP contribution in [0.1, 0.15) is 102 Å². The van der Waals surface area contributed by atoms with Crippen molar-refractivity contribution in [1.29, 1.82) is 0 Å². The van der Waals surface area contributed by atoms with Crippen LogP contribution in [0.4, 0.5) is 10.3 Å². The average molecular weight is 521 g/mol. The van der Waals surface area contributed by atoms with E-state index < -0.39 is 0 Å². The number of fused-ring (bicyclic) bond motifs is 2. The number of aromatic nitrogens is 4. The SMILES string of the molecule is CC.Cc1nc2c(F)cc(C3=CCc4nc(NC5CCN(C)CC5)ncc43)cc2n1C1CCCCCCC1.[HH]. The van der Waals surface area contributed by atoms with Crippen LogP contribution in [0.5, 0.6) is 0 Å². The summed E-state index contributed by atoms with van der Waals surface area (Å²) in [7, 11) is 2.17. The normalized spacial score (nSPS) is 19.3. The third-order valence-corrected chi connectivity index (χ3v) is 8.39. The summed E-state index contributed by atoms with van der Waals surface area (Å²) >= 11 is 0. The molecule has 6 nitrogen and oxygen atoms in total. The fourth-order valence-electron chi connectivity index (χ4n) is 6.36. The molecular formula is C31H45FN6. The first-order chi connectivity index (χ1) is 18.6. The standard InChI is InChI=1S/C29H37FN6.C2H6.H2/c1-19-32-28-25(30)16-20(17-27(28)36(19)22-8-6-4-3-5-7-9-22)23-10-11-26-24(23)18-31-29(34-26)33-21-12-14-35(2)15-13-21;1-2;/h10,16-18,21-22H,3-9,11-15H2,1-2H3,(H,31,33,34);1-2H3;1H. The summed E-state index contributed by atoms with van der Waals surface area (Å²) in [5.74, 6) is 1.38. The first-order valence-electron chi connectivity index (χ1n) is 14.8. The molecule has 7 heteroatoms. The summed E-state index contributed by atoms with van der Waals surface area (Å²) in [6.45, 7) is 8.22. The van der Waals surface area contributed by atoms with Gasteiger partial charge in [0.05, 0.1) is 11.2 Å². The monoisotopic (exact) mass is 520 g/mol. The number of nitrogens with zero attached hydrogens (tertiary/aromatic N) is 5. The molecule has 0 atom stereocenters. The second kappa shape index (κ2) is 11.9. The van der Waals surface area contributed by atoms with Gasteiger partial charge in [0.25, 0.3) is 0 Å². The Hall–Kier alpha value is -2.80. The minimum atomic E-state index is -0.244. The van der Waals surface area contributed by atoms with Crippen LogP contribution in [0.3, 0.4) is 0 Å². The number of rotatable bonds is 4. The van der Waals surface area contributed by atoms with Gasteiger partial charge in [-0.2, -0.15) is 0 Å². The highest BCUT2D eigenvalue weighted by Crippen LogP contribution is 2.37. The van der Waals surface area contributed by atoms with E-state index in [0.717, 1.165) is 78.9 Å². The molecule has 1 saturated heterocycles. The smallest absolute Gasteiger partial charge is 0.223 e. The number of hydrogen-bond acceptors (Lipinski definition) is 5. The molecule has 3 aromatic rings. The number of halogens is 1. The van der Waals surface area contributed by atoms with Crippen LogP contribution in [0.15, 0.2) is 24.4 Å². The molecule has 38 heavy (non-hydrogen) atoms. The molecule has 2 aromatic heterocycles. The highest BCUT2D eigenvalue weighted by atomic mass is 19.1. The quantitative estimate of drug-likeness (QED) is 0.390. The lowest BCUT2D eigenvalue weighted by Gasteiger charge is -2.29. The van der Waals surface area contributed by atoms with E-state index in [0.29, 0.717) is 23.5 Å². The molecule has 3 aliphatic rings. The Morgan fingerprint density at radius 1 is 0.974 bits per heavy atom. The summed E-state index contributed by atoms with van der Waals surface area (Å²) < 4.78 is 17.7. The molecule has 3 heterocycles. The number of anilines is 1. The van der Waals surface area contributed by atoms with Gasteiger partial charge in [0.2, 0.25) is 5.95 Å². The van der Waals surface area contributed by atoms with Crippen LogP contribution in [-0.2, 0) is 6.42 Å². The van der Waals surface area contributed by atoms with Crippen LogP contribution in [0.2, 0.25) is 0 Å². The van der Waals surface area contributed by atoms with Crippen molar-refractivity contribution in [3.05, 3.63) is 52.9 Å². The zero-order chi connectivity index (χ0) is 26.6. The summed E-state index contributed by atoms with van der Waals surface area (Å²) in [4.78, 5) is 16.5. The van der Waals surface area contributed by atoms with Crippen LogP contribution >= 0.6 is 0 Å². The fraction of sp³-hybridized carbons (Fsp3) is 0.581. The van der Waals surface area contributed by atoms with Crippen molar-refractivity contribution in [1.82, 2.24) is 24.4 Å². The molecule has 6 rings (SSSR count). The summed E-state index contributed by atoms with van der Waals surface area (Å²) in [5.41, 5.74) is 5.36. The van der Waals surface area contributed by atoms with Gasteiger partial charge in [-0.05, 0) is 76.0 Å². The molecule has 0 radical (unpaired) electrons. The van der Waals surface area contributed by atoms with Gasteiger partial charge < -0.3 is 14.8 Å². The molecule has 0 unspecified atom stereocenters. The number of aryl methyl sites for hydroxylation is 1. The van der Waals surface area contributed by atoms with Gasteiger partial charge in [-0.3, -0.25) is 0 Å². The van der Waals surface area contributed by atoms with E-state index in [1.165, 1.54) is 32.1 Å². The zero-order valence-electron chi connectivity index (χ0n) is 23.6. The molecular weight excluding hydrogens is 475 g/mol. The molecule has 1 N–H and O–H groups in total. The third kappa shape index (κ3) is 5.49. The molecule has 2 aliphatic carbocycles.